The van der Waals surface area contributed by atoms with Gasteiger partial charge in [-0.2, -0.15) is 0 Å². The van der Waals surface area contributed by atoms with E-state index in [0.29, 0.717) is 72.0 Å². The van der Waals surface area contributed by atoms with E-state index >= 15 is 0 Å². The van der Waals surface area contributed by atoms with Crippen LogP contribution in [0.15, 0.2) is 220 Å². The van der Waals surface area contributed by atoms with Gasteiger partial charge in [-0.05, 0) is 101 Å². The average Bonchev–Trinajstić information content (AvgIpc) is 3.53. The van der Waals surface area contributed by atoms with Crippen LogP contribution in [0.3, 0.4) is 0 Å². The third-order valence-corrected chi connectivity index (χ3v) is 12.6. The van der Waals surface area contributed by atoms with Gasteiger partial charge < -0.3 is 67.6 Å². The lowest BCUT2D eigenvalue weighted by Gasteiger charge is -2.06. The minimum Gasteiger partial charge on any atom is -0.508 e. The van der Waals surface area contributed by atoms with Gasteiger partial charge in [0, 0.05) is 30.3 Å². The molecule has 0 aliphatic carbocycles. The van der Waals surface area contributed by atoms with Crippen LogP contribution in [-0.4, -0.2) is 57.1 Å². The Morgan fingerprint density at radius 3 is 1.06 bits per heavy atom. The number of phenolic OH excluding ortho intramolecular Hbond substituents is 7. The number of rotatable bonds is 7. The molecule has 0 spiro atoms. The molecule has 0 radical (unpaired) electrons. The van der Waals surface area contributed by atoms with E-state index in [0.717, 1.165) is 17.4 Å². The van der Waals surface area contributed by atoms with E-state index < -0.39 is 0 Å². The first-order chi connectivity index (χ1) is 39.0. The van der Waals surface area contributed by atoms with Crippen molar-refractivity contribution in [2.75, 3.05) is 21.3 Å². The zero-order valence-electron chi connectivity index (χ0n) is 42.9. The fourth-order valence-corrected chi connectivity index (χ4v) is 8.38. The van der Waals surface area contributed by atoms with Gasteiger partial charge in [0.05, 0.1) is 59.7 Å². The maximum absolute atomic E-state index is 12.5. The molecule has 0 atom stereocenters. The molecule has 406 valence electrons. The van der Waals surface area contributed by atoms with Gasteiger partial charge in [0.25, 0.3) is 0 Å². The minimum absolute atomic E-state index is 0.0427. The number of hydrogen-bond donors (Lipinski definition) is 7. The lowest BCUT2D eigenvalue weighted by atomic mass is 10.0. The monoisotopic (exact) mass is 1090 g/mol. The van der Waals surface area contributed by atoms with Gasteiger partial charge in [-0.3, -0.25) is 19.2 Å². The smallest absolute Gasteiger partial charge is 0.204 e. The SMILES string of the molecule is COc1cc2c(=O)c(-c3ccc(O)cc3)coc2cc1O.COc1ccc(-c2coc3cc(O)cc(O)c3c2=O)cc1.COc1ccc(-c2coc3cc(O)ccc3c2=O)cc1.O=c1c(-c2ccc(O)cc2)coc2cc(O)ccc12. The molecule has 0 fully saturated rings. The predicted molar refractivity (Wildman–Crippen MR) is 303 cm³/mol. The number of ether oxygens (including phenoxy) is 3. The summed E-state index contributed by atoms with van der Waals surface area (Å²) in [5, 5.41) is 67.4. The second kappa shape index (κ2) is 23.5. The Morgan fingerprint density at radius 1 is 0.309 bits per heavy atom. The van der Waals surface area contributed by atoms with Crippen LogP contribution in [0, 0.1) is 0 Å². The lowest BCUT2D eigenvalue weighted by molar-refractivity contribution is 0.373. The fraction of sp³-hybridized carbons (Fsp3) is 0.0476. The molecule has 18 heteroatoms. The first-order valence-corrected chi connectivity index (χ1v) is 24.2. The van der Waals surface area contributed by atoms with Crippen LogP contribution in [0.25, 0.3) is 88.4 Å². The highest BCUT2D eigenvalue weighted by Crippen LogP contribution is 2.33. The van der Waals surface area contributed by atoms with Gasteiger partial charge in [0.1, 0.15) is 98.8 Å². The number of aromatic hydroxyl groups is 7. The molecule has 18 nitrogen and oxygen atoms in total. The van der Waals surface area contributed by atoms with Crippen LogP contribution in [0.5, 0.6) is 57.5 Å². The van der Waals surface area contributed by atoms with Crippen LogP contribution < -0.4 is 35.9 Å². The Labute approximate surface area is 456 Å². The zero-order chi connectivity index (χ0) is 57.5. The van der Waals surface area contributed by atoms with Crippen LogP contribution in [0.2, 0.25) is 0 Å². The molecule has 0 unspecified atom stereocenters. The van der Waals surface area contributed by atoms with Crippen molar-refractivity contribution in [3.8, 4) is 102 Å². The van der Waals surface area contributed by atoms with Gasteiger partial charge in [-0.25, -0.2) is 0 Å². The highest BCUT2D eigenvalue weighted by Gasteiger charge is 2.16. The summed E-state index contributed by atoms with van der Waals surface area (Å²) in [4.78, 5) is 49.8. The summed E-state index contributed by atoms with van der Waals surface area (Å²) in [7, 11) is 4.56. The summed E-state index contributed by atoms with van der Waals surface area (Å²) in [6.07, 6.45) is 5.41. The van der Waals surface area contributed by atoms with Crippen molar-refractivity contribution in [3.05, 3.63) is 224 Å². The number of hydrogen-bond acceptors (Lipinski definition) is 18. The number of methoxy groups -OCH3 is 3. The van der Waals surface area contributed by atoms with Crippen molar-refractivity contribution < 1.29 is 67.6 Å². The summed E-state index contributed by atoms with van der Waals surface area (Å²) in [5.74, 6) is 1.42. The summed E-state index contributed by atoms with van der Waals surface area (Å²) >= 11 is 0. The summed E-state index contributed by atoms with van der Waals surface area (Å²) in [6, 6.07) is 40.7. The van der Waals surface area contributed by atoms with Crippen molar-refractivity contribution in [1.29, 1.82) is 0 Å². The van der Waals surface area contributed by atoms with E-state index in [9.17, 15) is 54.9 Å². The largest absolute Gasteiger partial charge is 0.508 e. The summed E-state index contributed by atoms with van der Waals surface area (Å²) in [5.41, 5.74) is 4.52. The first kappa shape index (κ1) is 54.4. The molecular formula is C63H46O18. The Hall–Kier alpha value is -11.4. The van der Waals surface area contributed by atoms with E-state index in [1.54, 1.807) is 93.1 Å². The molecule has 12 rings (SSSR count). The third kappa shape index (κ3) is 11.8. The maximum atomic E-state index is 12.5. The van der Waals surface area contributed by atoms with Gasteiger partial charge >= 0.3 is 0 Å². The highest BCUT2D eigenvalue weighted by atomic mass is 16.5. The van der Waals surface area contributed by atoms with Crippen molar-refractivity contribution in [2.24, 2.45) is 0 Å². The molecule has 0 amide bonds. The molecule has 0 bridgehead atoms. The number of phenols is 7. The zero-order valence-corrected chi connectivity index (χ0v) is 42.9. The van der Waals surface area contributed by atoms with Crippen LogP contribution in [-0.2, 0) is 0 Å². The Bertz CT molecular complexity index is 4500. The van der Waals surface area contributed by atoms with E-state index in [1.165, 1.54) is 105 Å². The normalized spacial score (nSPS) is 10.7. The molecule has 0 saturated carbocycles. The maximum Gasteiger partial charge on any atom is 0.204 e. The molecule has 4 heterocycles. The summed E-state index contributed by atoms with van der Waals surface area (Å²) in [6.45, 7) is 0. The molecule has 8 aromatic carbocycles. The quantitative estimate of drug-likeness (QED) is 0.0780. The van der Waals surface area contributed by atoms with Gasteiger partial charge in [0.2, 0.25) is 10.9 Å². The van der Waals surface area contributed by atoms with Crippen molar-refractivity contribution >= 4 is 43.9 Å². The molecule has 7 N–H and O–H groups in total. The van der Waals surface area contributed by atoms with Crippen LogP contribution >= 0.6 is 0 Å². The third-order valence-electron chi connectivity index (χ3n) is 12.6. The first-order valence-electron chi connectivity index (χ1n) is 24.2. The second-order valence-corrected chi connectivity index (χ2v) is 17.7. The van der Waals surface area contributed by atoms with Crippen molar-refractivity contribution in [3.63, 3.8) is 0 Å². The highest BCUT2D eigenvalue weighted by molar-refractivity contribution is 5.89. The Morgan fingerprint density at radius 2 is 0.654 bits per heavy atom. The minimum atomic E-state index is -0.362. The fourth-order valence-electron chi connectivity index (χ4n) is 8.38. The van der Waals surface area contributed by atoms with E-state index in [2.05, 4.69) is 0 Å². The Kier molecular flexibility index (Phi) is 15.8. The molecule has 81 heavy (non-hydrogen) atoms. The molecule has 4 aromatic heterocycles. The molecule has 0 saturated heterocycles. The van der Waals surface area contributed by atoms with Crippen LogP contribution in [0.4, 0.5) is 0 Å². The molecule has 12 aromatic rings. The average molecular weight is 1090 g/mol. The van der Waals surface area contributed by atoms with Gasteiger partial charge in [0.15, 0.2) is 22.4 Å². The Balaban J connectivity index is 0.000000130. The van der Waals surface area contributed by atoms with E-state index in [1.807, 2.05) is 0 Å². The van der Waals surface area contributed by atoms with E-state index in [4.69, 9.17) is 31.9 Å². The molecule has 0 aliphatic rings. The molecule has 0 aliphatic heterocycles. The number of benzene rings is 8. The summed E-state index contributed by atoms with van der Waals surface area (Å²) < 4.78 is 36.7. The van der Waals surface area contributed by atoms with Gasteiger partial charge in [-0.15, -0.1) is 0 Å². The second-order valence-electron chi connectivity index (χ2n) is 17.7. The van der Waals surface area contributed by atoms with E-state index in [-0.39, 0.29) is 84.3 Å². The topological polar surface area (TPSA) is 290 Å². The molecular weight excluding hydrogens is 1040 g/mol. The predicted octanol–water partition coefficient (Wildman–Crippen LogP) is 11.8. The lowest BCUT2D eigenvalue weighted by Crippen LogP contribution is -2.05. The standard InChI is InChI=1S/2C16H12O5.C16H12O4.C15H10O4/c1-20-11-4-2-9(3-5-11)12-8-21-14-7-10(17)6-13(18)15(14)16(12)19;1-20-15-6-11-14(7-13(15)18)21-8-12(16(11)19)9-2-4-10(17)5-3-9;1-19-12-5-2-10(3-6-12)14-9-20-15-8-11(17)4-7-13(15)16(14)18;16-10-3-1-9(2-4-10)13-8-19-14-7-11(17)5-6-12(14)15(13)18/h2*2-8,17-18H,1H3;2-9,17H,1H3;1-8,16-17H. The number of fused-ring (bicyclic) bond motifs is 4. The van der Waals surface area contributed by atoms with Crippen LogP contribution in [0.1, 0.15) is 0 Å². The van der Waals surface area contributed by atoms with Gasteiger partial charge in [-0.1, -0.05) is 48.5 Å². The van der Waals surface area contributed by atoms with Crippen molar-refractivity contribution in [2.45, 2.75) is 0 Å². The van der Waals surface area contributed by atoms with Crippen molar-refractivity contribution in [1.82, 2.24) is 0 Å².